The number of benzene rings is 1. The van der Waals surface area contributed by atoms with E-state index in [2.05, 4.69) is 0 Å². The molecule has 0 unspecified atom stereocenters. The minimum atomic E-state index is -0.465. The zero-order chi connectivity index (χ0) is 15.5. The third-order valence-electron chi connectivity index (χ3n) is 4.61. The Morgan fingerprint density at radius 3 is 2.45 bits per heavy atom. The van der Waals surface area contributed by atoms with Crippen LogP contribution in [0.3, 0.4) is 0 Å². The summed E-state index contributed by atoms with van der Waals surface area (Å²) in [7, 11) is 0. The smallest absolute Gasteiger partial charge is 0.309 e. The number of aryl methyl sites for hydroxylation is 1. The van der Waals surface area contributed by atoms with Crippen LogP contribution in [0.5, 0.6) is 0 Å². The van der Waals surface area contributed by atoms with Crippen LogP contribution in [0.2, 0.25) is 0 Å². The van der Waals surface area contributed by atoms with Crippen LogP contribution in [-0.2, 0) is 6.54 Å². The molecule has 1 aliphatic rings. The molecule has 1 heterocycles. The molecule has 116 valence electrons. The highest BCUT2D eigenvalue weighted by Crippen LogP contribution is 2.24. The van der Waals surface area contributed by atoms with Crippen molar-refractivity contribution in [1.82, 2.24) is 9.13 Å². The molecule has 0 atom stereocenters. The van der Waals surface area contributed by atoms with Gasteiger partial charge in [-0.3, -0.25) is 14.2 Å². The second kappa shape index (κ2) is 6.34. The summed E-state index contributed by atoms with van der Waals surface area (Å²) in [6.07, 6.45) is 9.56. The summed E-state index contributed by atoms with van der Waals surface area (Å²) in [5, 5.41) is 0. The molecule has 0 spiro atoms. The molecule has 1 aromatic carbocycles. The highest BCUT2D eigenvalue weighted by molar-refractivity contribution is 5.39. The first-order chi connectivity index (χ1) is 10.7. The molecule has 2 aromatic rings. The van der Waals surface area contributed by atoms with E-state index < -0.39 is 11.1 Å². The minimum absolute atomic E-state index is 0.420. The van der Waals surface area contributed by atoms with Crippen LogP contribution in [0.25, 0.3) is 5.69 Å². The van der Waals surface area contributed by atoms with Gasteiger partial charge in [0.1, 0.15) is 0 Å². The molecule has 1 fully saturated rings. The lowest BCUT2D eigenvalue weighted by Crippen LogP contribution is -2.41. The molecule has 3 rings (SSSR count). The van der Waals surface area contributed by atoms with E-state index >= 15 is 0 Å². The van der Waals surface area contributed by atoms with Gasteiger partial charge in [0, 0.05) is 18.9 Å². The summed E-state index contributed by atoms with van der Waals surface area (Å²) in [5.41, 5.74) is 0.868. The van der Waals surface area contributed by atoms with Gasteiger partial charge >= 0.3 is 11.1 Å². The third-order valence-corrected chi connectivity index (χ3v) is 4.61. The van der Waals surface area contributed by atoms with Crippen LogP contribution in [0, 0.1) is 12.8 Å². The van der Waals surface area contributed by atoms with Gasteiger partial charge in [0.05, 0.1) is 5.69 Å². The van der Waals surface area contributed by atoms with Gasteiger partial charge in [0.15, 0.2) is 0 Å². The maximum atomic E-state index is 12.4. The first-order valence-electron chi connectivity index (χ1n) is 8.05. The quantitative estimate of drug-likeness (QED) is 0.818. The van der Waals surface area contributed by atoms with Crippen molar-refractivity contribution in [3.05, 3.63) is 62.9 Å². The standard InChI is InChI=1S/C18H22N2O2/c1-14-7-5-6-10-16(14)20-12-11-19(17(21)18(20)22)13-15-8-3-2-4-9-15/h5-7,10-12,15H,2-4,8-9,13H2,1H3. The van der Waals surface area contributed by atoms with Crippen LogP contribution in [0.15, 0.2) is 46.2 Å². The Bertz CT molecular complexity index is 767. The van der Waals surface area contributed by atoms with Crippen molar-refractivity contribution in [2.75, 3.05) is 0 Å². The van der Waals surface area contributed by atoms with Crippen molar-refractivity contribution < 1.29 is 0 Å². The van der Waals surface area contributed by atoms with E-state index in [0.29, 0.717) is 12.5 Å². The predicted molar refractivity (Wildman–Crippen MR) is 87.6 cm³/mol. The number of hydrogen-bond acceptors (Lipinski definition) is 2. The van der Waals surface area contributed by atoms with Crippen LogP contribution < -0.4 is 11.1 Å². The van der Waals surface area contributed by atoms with Gasteiger partial charge in [-0.1, -0.05) is 37.5 Å². The lowest BCUT2D eigenvalue weighted by molar-refractivity contribution is 0.315. The Hall–Kier alpha value is -2.10. The lowest BCUT2D eigenvalue weighted by Gasteiger charge is -2.22. The number of para-hydroxylation sites is 1. The molecule has 4 nitrogen and oxygen atoms in total. The zero-order valence-electron chi connectivity index (χ0n) is 13.0. The van der Waals surface area contributed by atoms with Crippen molar-refractivity contribution in [2.45, 2.75) is 45.6 Å². The van der Waals surface area contributed by atoms with Crippen LogP contribution in [-0.4, -0.2) is 9.13 Å². The summed E-state index contributed by atoms with van der Waals surface area (Å²) in [6, 6.07) is 7.60. The molecule has 4 heteroatoms. The lowest BCUT2D eigenvalue weighted by atomic mass is 9.89. The van der Waals surface area contributed by atoms with E-state index in [4.69, 9.17) is 0 Å². The molecular weight excluding hydrogens is 276 g/mol. The summed E-state index contributed by atoms with van der Waals surface area (Å²) in [4.78, 5) is 24.8. The fraction of sp³-hybridized carbons (Fsp3) is 0.444. The van der Waals surface area contributed by atoms with E-state index in [9.17, 15) is 9.59 Å². The van der Waals surface area contributed by atoms with Gasteiger partial charge in [-0.25, -0.2) is 0 Å². The maximum absolute atomic E-state index is 12.4. The molecule has 0 aliphatic heterocycles. The summed E-state index contributed by atoms with van der Waals surface area (Å²) >= 11 is 0. The Morgan fingerprint density at radius 2 is 1.73 bits per heavy atom. The Labute approximate surface area is 130 Å². The van der Waals surface area contributed by atoms with Crippen LogP contribution in [0.1, 0.15) is 37.7 Å². The topological polar surface area (TPSA) is 44.0 Å². The largest absolute Gasteiger partial charge is 0.320 e. The molecule has 0 N–H and O–H groups in total. The first kappa shape index (κ1) is 14.8. The summed E-state index contributed by atoms with van der Waals surface area (Å²) < 4.78 is 3.04. The molecule has 22 heavy (non-hydrogen) atoms. The van der Waals surface area contributed by atoms with Crippen molar-refractivity contribution in [2.24, 2.45) is 5.92 Å². The van der Waals surface area contributed by atoms with Crippen LogP contribution >= 0.6 is 0 Å². The Kier molecular flexibility index (Phi) is 4.27. The fourth-order valence-electron chi connectivity index (χ4n) is 3.32. The van der Waals surface area contributed by atoms with Crippen LogP contribution in [0.4, 0.5) is 0 Å². The fourth-order valence-corrected chi connectivity index (χ4v) is 3.32. The van der Waals surface area contributed by atoms with Crippen molar-refractivity contribution in [1.29, 1.82) is 0 Å². The van der Waals surface area contributed by atoms with Gasteiger partial charge in [-0.2, -0.15) is 0 Å². The zero-order valence-corrected chi connectivity index (χ0v) is 13.0. The van der Waals surface area contributed by atoms with Crippen molar-refractivity contribution >= 4 is 0 Å². The molecule has 1 aliphatic carbocycles. The number of nitrogens with zero attached hydrogens (tertiary/aromatic N) is 2. The Morgan fingerprint density at radius 1 is 1.00 bits per heavy atom. The minimum Gasteiger partial charge on any atom is -0.309 e. The van der Waals surface area contributed by atoms with Crippen molar-refractivity contribution in [3.63, 3.8) is 0 Å². The third kappa shape index (κ3) is 2.91. The number of hydrogen-bond donors (Lipinski definition) is 0. The maximum Gasteiger partial charge on any atom is 0.320 e. The van der Waals surface area contributed by atoms with Gasteiger partial charge in [0.25, 0.3) is 0 Å². The van der Waals surface area contributed by atoms with E-state index in [1.165, 1.54) is 23.8 Å². The average Bonchev–Trinajstić information content (AvgIpc) is 2.54. The highest BCUT2D eigenvalue weighted by atomic mass is 16.2. The highest BCUT2D eigenvalue weighted by Gasteiger charge is 2.16. The molecule has 0 amide bonds. The predicted octanol–water partition coefficient (Wildman–Crippen LogP) is 2.89. The molecule has 0 radical (unpaired) electrons. The van der Waals surface area contributed by atoms with Gasteiger partial charge in [0.2, 0.25) is 0 Å². The molecule has 1 saturated carbocycles. The normalized spacial score (nSPS) is 15.9. The average molecular weight is 298 g/mol. The molecule has 0 saturated heterocycles. The van der Waals surface area contributed by atoms with Gasteiger partial charge < -0.3 is 4.57 Å². The second-order valence-electron chi connectivity index (χ2n) is 6.22. The SMILES string of the molecule is Cc1ccccc1-n1ccn(CC2CCCCC2)c(=O)c1=O. The first-order valence-corrected chi connectivity index (χ1v) is 8.05. The van der Waals surface area contributed by atoms with E-state index in [1.807, 2.05) is 31.2 Å². The number of rotatable bonds is 3. The van der Waals surface area contributed by atoms with E-state index in [-0.39, 0.29) is 0 Å². The number of aromatic nitrogens is 2. The molecule has 1 aromatic heterocycles. The monoisotopic (exact) mass is 298 g/mol. The second-order valence-corrected chi connectivity index (χ2v) is 6.22. The van der Waals surface area contributed by atoms with Gasteiger partial charge in [-0.15, -0.1) is 0 Å². The molecule has 0 bridgehead atoms. The van der Waals surface area contributed by atoms with E-state index in [0.717, 1.165) is 24.1 Å². The molecular formula is C18H22N2O2. The summed E-state index contributed by atoms with van der Waals surface area (Å²) in [6.45, 7) is 2.61. The summed E-state index contributed by atoms with van der Waals surface area (Å²) in [5.74, 6) is 0.528. The van der Waals surface area contributed by atoms with E-state index in [1.54, 1.807) is 17.0 Å². The Balaban J connectivity index is 1.94. The van der Waals surface area contributed by atoms with Gasteiger partial charge in [-0.05, 0) is 37.3 Å². The van der Waals surface area contributed by atoms with Crippen molar-refractivity contribution in [3.8, 4) is 5.69 Å².